The molecule has 1 aliphatic heterocycles. The second-order valence-corrected chi connectivity index (χ2v) is 9.86. The Morgan fingerprint density at radius 2 is 1.83 bits per heavy atom. The molecule has 2 aliphatic rings. The lowest BCUT2D eigenvalue weighted by atomic mass is 9.80. The summed E-state index contributed by atoms with van der Waals surface area (Å²) in [5, 5.41) is 24.9. The van der Waals surface area contributed by atoms with E-state index < -0.39 is 29.9 Å². The van der Waals surface area contributed by atoms with Gasteiger partial charge in [-0.05, 0) is 41.7 Å². The number of rotatable bonds is 9. The monoisotopic (exact) mass is 492 g/mol. The first kappa shape index (κ1) is 24.2. The van der Waals surface area contributed by atoms with E-state index in [1.807, 2.05) is 24.3 Å². The van der Waals surface area contributed by atoms with Crippen LogP contribution in [-0.2, 0) is 16.0 Å². The van der Waals surface area contributed by atoms with Gasteiger partial charge in [0.05, 0.1) is 12.0 Å². The molecule has 0 radical (unpaired) electrons. The minimum absolute atomic E-state index is 0.103. The highest BCUT2D eigenvalue weighted by Crippen LogP contribution is 2.37. The molecule has 8 heteroatoms. The highest BCUT2D eigenvalue weighted by Gasteiger charge is 2.34. The fraction of sp³-hybridized carbons (Fsp3) is 0.429. The maximum absolute atomic E-state index is 13.6. The first-order valence-electron chi connectivity index (χ1n) is 12.7. The predicted octanol–water partition coefficient (Wildman–Crippen LogP) is 4.12. The van der Waals surface area contributed by atoms with Crippen molar-refractivity contribution in [2.75, 3.05) is 6.79 Å². The summed E-state index contributed by atoms with van der Waals surface area (Å²) in [5.74, 6) is -1.11. The molecule has 3 atom stereocenters. The number of aromatic nitrogens is 1. The number of carboxylic acid groups (broad SMARTS) is 1. The van der Waals surface area contributed by atoms with E-state index in [1.165, 1.54) is 6.42 Å². The zero-order valence-electron chi connectivity index (χ0n) is 20.1. The highest BCUT2D eigenvalue weighted by molar-refractivity contribution is 5.90. The van der Waals surface area contributed by atoms with Gasteiger partial charge in [0.15, 0.2) is 11.5 Å². The van der Waals surface area contributed by atoms with Crippen LogP contribution in [0.25, 0.3) is 10.9 Å². The van der Waals surface area contributed by atoms with E-state index in [9.17, 15) is 19.8 Å². The Morgan fingerprint density at radius 1 is 1.06 bits per heavy atom. The molecule has 1 saturated carbocycles. The molecule has 1 amide bonds. The lowest BCUT2D eigenvalue weighted by Crippen LogP contribution is -2.46. The number of carbonyl (C=O) groups excluding carboxylic acids is 1. The smallest absolute Gasteiger partial charge is 0.326 e. The zero-order chi connectivity index (χ0) is 25.1. The van der Waals surface area contributed by atoms with Gasteiger partial charge in [0, 0.05) is 23.5 Å². The number of hydrogen-bond donors (Lipinski definition) is 4. The maximum atomic E-state index is 13.6. The largest absolute Gasteiger partial charge is 0.480 e. The summed E-state index contributed by atoms with van der Waals surface area (Å²) < 4.78 is 10.9. The Labute approximate surface area is 209 Å². The van der Waals surface area contributed by atoms with Crippen molar-refractivity contribution in [1.29, 1.82) is 0 Å². The average Bonchev–Trinajstić information content (AvgIpc) is 3.51. The normalized spacial score (nSPS) is 18.0. The number of carboxylic acids is 1. The molecule has 1 aliphatic carbocycles. The van der Waals surface area contributed by atoms with Crippen LogP contribution in [0.3, 0.4) is 0 Å². The van der Waals surface area contributed by atoms with E-state index in [2.05, 4.69) is 10.3 Å². The Kier molecular flexibility index (Phi) is 7.13. The molecule has 36 heavy (non-hydrogen) atoms. The van der Waals surface area contributed by atoms with Crippen LogP contribution in [0.2, 0.25) is 0 Å². The fourth-order valence-electron chi connectivity index (χ4n) is 5.54. The van der Waals surface area contributed by atoms with Crippen LogP contribution in [0.5, 0.6) is 11.5 Å². The number of H-pyrrole nitrogens is 1. The molecule has 190 valence electrons. The summed E-state index contributed by atoms with van der Waals surface area (Å²) in [6.45, 7) is 0.103. The molecule has 8 nitrogen and oxygen atoms in total. The number of aliphatic hydroxyl groups excluding tert-OH is 1. The first-order chi connectivity index (χ1) is 17.5. The van der Waals surface area contributed by atoms with Gasteiger partial charge in [-0.2, -0.15) is 0 Å². The first-order valence-corrected chi connectivity index (χ1v) is 12.7. The van der Waals surface area contributed by atoms with Crippen molar-refractivity contribution in [1.82, 2.24) is 10.3 Å². The van der Waals surface area contributed by atoms with Gasteiger partial charge in [0.1, 0.15) is 6.04 Å². The van der Waals surface area contributed by atoms with Crippen molar-refractivity contribution >= 4 is 22.8 Å². The van der Waals surface area contributed by atoms with Crippen molar-refractivity contribution < 1.29 is 29.3 Å². The molecule has 0 saturated heterocycles. The minimum atomic E-state index is -1.14. The topological polar surface area (TPSA) is 121 Å². The van der Waals surface area contributed by atoms with Gasteiger partial charge < -0.3 is 30.0 Å². The van der Waals surface area contributed by atoms with Gasteiger partial charge in [-0.25, -0.2) is 4.79 Å². The minimum Gasteiger partial charge on any atom is -0.480 e. The summed E-state index contributed by atoms with van der Waals surface area (Å²) in [5.41, 5.74) is 2.29. The van der Waals surface area contributed by atoms with Crippen LogP contribution in [0.1, 0.15) is 55.6 Å². The molecule has 1 aromatic heterocycles. The number of fused-ring (bicyclic) bond motifs is 2. The summed E-state index contributed by atoms with van der Waals surface area (Å²) >= 11 is 0. The molecule has 1 fully saturated rings. The maximum Gasteiger partial charge on any atom is 0.326 e. The molecule has 2 heterocycles. The molecular formula is C28H32N2O6. The second kappa shape index (κ2) is 10.6. The molecule has 0 bridgehead atoms. The van der Waals surface area contributed by atoms with E-state index in [-0.39, 0.29) is 13.2 Å². The number of amides is 1. The SMILES string of the molecule is O=C(N[C@@H](Cc1c[nH]c2ccccc12)C(=O)O)C(c1ccc2c(c1)OCO2)C(O)CC1CCCCC1. The number of aromatic amines is 1. The van der Waals surface area contributed by atoms with Crippen LogP contribution >= 0.6 is 0 Å². The van der Waals surface area contributed by atoms with E-state index in [0.29, 0.717) is 29.4 Å². The molecule has 4 N–H and O–H groups in total. The van der Waals surface area contributed by atoms with Crippen molar-refractivity contribution in [3.63, 3.8) is 0 Å². The van der Waals surface area contributed by atoms with Crippen molar-refractivity contribution in [2.24, 2.45) is 5.92 Å². The number of aliphatic hydroxyl groups is 1. The quantitative estimate of drug-likeness (QED) is 0.357. The number of benzene rings is 2. The molecule has 5 rings (SSSR count). The molecule has 3 aromatic rings. The summed E-state index contributed by atoms with van der Waals surface area (Å²) in [6.07, 6.45) is 6.97. The molecular weight excluding hydrogens is 460 g/mol. The number of ether oxygens (including phenoxy) is 2. The van der Waals surface area contributed by atoms with Crippen LogP contribution in [0.4, 0.5) is 0 Å². The Bertz CT molecular complexity index is 1230. The highest BCUT2D eigenvalue weighted by atomic mass is 16.7. The number of nitrogens with one attached hydrogen (secondary N) is 2. The van der Waals surface area contributed by atoms with Crippen LogP contribution in [0, 0.1) is 5.92 Å². The molecule has 2 aromatic carbocycles. The third-order valence-electron chi connectivity index (χ3n) is 7.44. The van der Waals surface area contributed by atoms with Crippen LogP contribution in [0.15, 0.2) is 48.7 Å². The van der Waals surface area contributed by atoms with Gasteiger partial charge in [0.2, 0.25) is 12.7 Å². The number of aliphatic carboxylic acids is 1. The fourth-order valence-corrected chi connectivity index (χ4v) is 5.54. The predicted molar refractivity (Wildman–Crippen MR) is 134 cm³/mol. The number of carbonyl (C=O) groups is 2. The van der Waals surface area contributed by atoms with Gasteiger partial charge in [-0.1, -0.05) is 56.4 Å². The standard InChI is InChI=1S/C28H32N2O6/c31-23(12-17-6-2-1-3-7-17)26(18-10-11-24-25(14-18)36-16-35-24)27(32)30-22(28(33)34)13-19-15-29-21-9-5-4-8-20(19)21/h4-5,8-11,14-15,17,22-23,26,29,31H,1-3,6-7,12-13,16H2,(H,30,32)(H,33,34)/t22-,23?,26?/m0/s1. The summed E-state index contributed by atoms with van der Waals surface area (Å²) in [4.78, 5) is 28.9. The van der Waals surface area contributed by atoms with Crippen LogP contribution in [-0.4, -0.2) is 46.0 Å². The van der Waals surface area contributed by atoms with Crippen molar-refractivity contribution in [2.45, 2.75) is 63.0 Å². The van der Waals surface area contributed by atoms with E-state index >= 15 is 0 Å². The van der Waals surface area contributed by atoms with Crippen molar-refractivity contribution in [3.05, 3.63) is 59.8 Å². The Morgan fingerprint density at radius 3 is 2.64 bits per heavy atom. The number of hydrogen-bond acceptors (Lipinski definition) is 5. The molecule has 2 unspecified atom stereocenters. The van der Waals surface area contributed by atoms with Gasteiger partial charge >= 0.3 is 5.97 Å². The Hall–Kier alpha value is -3.52. The summed E-state index contributed by atoms with van der Waals surface area (Å²) in [6, 6.07) is 11.7. The van der Waals surface area contributed by atoms with E-state index in [0.717, 1.165) is 42.1 Å². The van der Waals surface area contributed by atoms with Gasteiger partial charge in [-0.3, -0.25) is 4.79 Å². The Balaban J connectivity index is 1.38. The average molecular weight is 493 g/mol. The van der Waals surface area contributed by atoms with E-state index in [4.69, 9.17) is 9.47 Å². The second-order valence-electron chi connectivity index (χ2n) is 9.86. The summed E-state index contributed by atoms with van der Waals surface area (Å²) in [7, 11) is 0. The third kappa shape index (κ3) is 5.18. The number of para-hydroxylation sites is 1. The molecule has 0 spiro atoms. The third-order valence-corrected chi connectivity index (χ3v) is 7.44. The van der Waals surface area contributed by atoms with Gasteiger partial charge in [-0.15, -0.1) is 0 Å². The van der Waals surface area contributed by atoms with Crippen LogP contribution < -0.4 is 14.8 Å². The van der Waals surface area contributed by atoms with Gasteiger partial charge in [0.25, 0.3) is 0 Å². The lowest BCUT2D eigenvalue weighted by Gasteiger charge is -2.29. The zero-order valence-corrected chi connectivity index (χ0v) is 20.1. The van der Waals surface area contributed by atoms with Crippen molar-refractivity contribution in [3.8, 4) is 11.5 Å². The lowest BCUT2D eigenvalue weighted by molar-refractivity contribution is -0.142. The van der Waals surface area contributed by atoms with E-state index in [1.54, 1.807) is 24.4 Å².